The standard InChI is InChI=1S/C24H29NO6/c1-15(26)31-19-10-11-21(25-24(27)16-5-8-18(28-2)9-6-16)20(14-19)17-7-12-22(29-3)23(13-17)30-4/h5-9,12-13,19-21H,10-11,14H2,1-4H3,(H,25,27). The van der Waals surface area contributed by atoms with Crippen LogP contribution in [-0.4, -0.2) is 45.4 Å². The third kappa shape index (κ3) is 5.48. The number of carbonyl (C=O) groups is 2. The number of ether oxygens (including phenoxy) is 4. The summed E-state index contributed by atoms with van der Waals surface area (Å²) in [5.74, 6) is 1.47. The van der Waals surface area contributed by atoms with Crippen LogP contribution < -0.4 is 19.5 Å². The third-order valence-corrected chi connectivity index (χ3v) is 5.64. The zero-order valence-electron chi connectivity index (χ0n) is 18.3. The summed E-state index contributed by atoms with van der Waals surface area (Å²) in [6.07, 6.45) is 1.81. The molecule has 1 fully saturated rings. The normalized spacial score (nSPS) is 20.5. The van der Waals surface area contributed by atoms with Crippen molar-refractivity contribution in [2.24, 2.45) is 0 Å². The summed E-state index contributed by atoms with van der Waals surface area (Å²) >= 11 is 0. The summed E-state index contributed by atoms with van der Waals surface area (Å²) in [6, 6.07) is 12.6. The number of hydrogen-bond acceptors (Lipinski definition) is 6. The van der Waals surface area contributed by atoms with Gasteiger partial charge in [0, 0.05) is 24.4 Å². The summed E-state index contributed by atoms with van der Waals surface area (Å²) in [5.41, 5.74) is 1.56. The van der Waals surface area contributed by atoms with Crippen LogP contribution >= 0.6 is 0 Å². The van der Waals surface area contributed by atoms with Gasteiger partial charge in [-0.3, -0.25) is 9.59 Å². The van der Waals surface area contributed by atoms with Gasteiger partial charge in [0.05, 0.1) is 21.3 Å². The smallest absolute Gasteiger partial charge is 0.302 e. The summed E-state index contributed by atoms with van der Waals surface area (Å²) in [6.45, 7) is 1.42. The molecule has 3 unspecified atom stereocenters. The Bertz CT molecular complexity index is 911. The maximum absolute atomic E-state index is 12.9. The Morgan fingerprint density at radius 3 is 2.23 bits per heavy atom. The molecule has 3 rings (SSSR count). The fourth-order valence-corrected chi connectivity index (χ4v) is 4.09. The predicted octanol–water partition coefficient (Wildman–Crippen LogP) is 3.71. The zero-order valence-corrected chi connectivity index (χ0v) is 18.3. The average Bonchev–Trinajstić information content (AvgIpc) is 2.79. The molecule has 3 atom stereocenters. The number of benzene rings is 2. The molecule has 0 heterocycles. The molecule has 0 radical (unpaired) electrons. The van der Waals surface area contributed by atoms with Gasteiger partial charge in [-0.15, -0.1) is 0 Å². The quantitative estimate of drug-likeness (QED) is 0.679. The monoisotopic (exact) mass is 427 g/mol. The highest BCUT2D eigenvalue weighted by atomic mass is 16.5. The first-order valence-corrected chi connectivity index (χ1v) is 10.3. The van der Waals surface area contributed by atoms with Gasteiger partial charge in [0.1, 0.15) is 11.9 Å². The van der Waals surface area contributed by atoms with Gasteiger partial charge in [-0.25, -0.2) is 0 Å². The van der Waals surface area contributed by atoms with E-state index in [1.54, 1.807) is 45.6 Å². The molecule has 0 saturated heterocycles. The number of esters is 1. The Balaban J connectivity index is 1.84. The van der Waals surface area contributed by atoms with E-state index in [1.807, 2.05) is 18.2 Å². The topological polar surface area (TPSA) is 83.1 Å². The second kappa shape index (κ2) is 10.2. The second-order valence-corrected chi connectivity index (χ2v) is 7.57. The molecule has 7 heteroatoms. The Kier molecular flexibility index (Phi) is 7.39. The molecule has 31 heavy (non-hydrogen) atoms. The highest BCUT2D eigenvalue weighted by molar-refractivity contribution is 5.94. The molecular formula is C24H29NO6. The van der Waals surface area contributed by atoms with Crippen molar-refractivity contribution >= 4 is 11.9 Å². The van der Waals surface area contributed by atoms with E-state index in [4.69, 9.17) is 18.9 Å². The van der Waals surface area contributed by atoms with Crippen LogP contribution in [-0.2, 0) is 9.53 Å². The first-order valence-electron chi connectivity index (χ1n) is 10.3. The molecule has 2 aromatic rings. The van der Waals surface area contributed by atoms with E-state index in [0.717, 1.165) is 5.56 Å². The molecule has 1 aliphatic rings. The number of methoxy groups -OCH3 is 3. The highest BCUT2D eigenvalue weighted by Crippen LogP contribution is 2.38. The molecule has 1 amide bonds. The van der Waals surface area contributed by atoms with Gasteiger partial charge in [-0.05, 0) is 61.2 Å². The molecular weight excluding hydrogens is 398 g/mol. The molecule has 7 nitrogen and oxygen atoms in total. The van der Waals surface area contributed by atoms with Gasteiger partial charge in [0.25, 0.3) is 5.91 Å². The van der Waals surface area contributed by atoms with Gasteiger partial charge in [-0.1, -0.05) is 6.07 Å². The van der Waals surface area contributed by atoms with Gasteiger partial charge in [0.2, 0.25) is 0 Å². The lowest BCUT2D eigenvalue weighted by molar-refractivity contribution is -0.148. The lowest BCUT2D eigenvalue weighted by Gasteiger charge is -2.36. The molecule has 0 spiro atoms. The van der Waals surface area contributed by atoms with Crippen molar-refractivity contribution in [3.8, 4) is 17.2 Å². The van der Waals surface area contributed by atoms with Crippen molar-refractivity contribution in [1.29, 1.82) is 0 Å². The van der Waals surface area contributed by atoms with Crippen molar-refractivity contribution in [3.63, 3.8) is 0 Å². The van der Waals surface area contributed by atoms with Crippen LogP contribution in [0.25, 0.3) is 0 Å². The van der Waals surface area contributed by atoms with Crippen LogP contribution in [0.1, 0.15) is 48.0 Å². The van der Waals surface area contributed by atoms with Gasteiger partial charge in [-0.2, -0.15) is 0 Å². The van der Waals surface area contributed by atoms with Gasteiger partial charge in [0.15, 0.2) is 11.5 Å². The minimum atomic E-state index is -0.295. The predicted molar refractivity (Wildman–Crippen MR) is 116 cm³/mol. The first kappa shape index (κ1) is 22.5. The van der Waals surface area contributed by atoms with E-state index >= 15 is 0 Å². The lowest BCUT2D eigenvalue weighted by atomic mass is 9.78. The summed E-state index contributed by atoms with van der Waals surface area (Å²) in [4.78, 5) is 24.4. The van der Waals surface area contributed by atoms with E-state index in [-0.39, 0.29) is 29.9 Å². The molecule has 1 N–H and O–H groups in total. The zero-order chi connectivity index (χ0) is 22.4. The van der Waals surface area contributed by atoms with Crippen molar-refractivity contribution in [1.82, 2.24) is 5.32 Å². The van der Waals surface area contributed by atoms with Crippen LogP contribution in [0.3, 0.4) is 0 Å². The van der Waals surface area contributed by atoms with Crippen molar-refractivity contribution in [2.75, 3.05) is 21.3 Å². The fraction of sp³-hybridized carbons (Fsp3) is 0.417. The van der Waals surface area contributed by atoms with Gasteiger partial charge < -0.3 is 24.3 Å². The first-order chi connectivity index (χ1) is 14.9. The largest absolute Gasteiger partial charge is 0.497 e. The van der Waals surface area contributed by atoms with Crippen molar-refractivity contribution in [2.45, 2.75) is 44.2 Å². The number of hydrogen-bond donors (Lipinski definition) is 1. The molecule has 166 valence electrons. The fourth-order valence-electron chi connectivity index (χ4n) is 4.09. The molecule has 2 aromatic carbocycles. The maximum atomic E-state index is 12.9. The molecule has 0 aliphatic heterocycles. The number of amides is 1. The third-order valence-electron chi connectivity index (χ3n) is 5.64. The summed E-state index contributed by atoms with van der Waals surface area (Å²) < 4.78 is 21.5. The maximum Gasteiger partial charge on any atom is 0.302 e. The Morgan fingerprint density at radius 1 is 0.903 bits per heavy atom. The molecule has 0 bridgehead atoms. The molecule has 0 aromatic heterocycles. The summed E-state index contributed by atoms with van der Waals surface area (Å²) in [5, 5.41) is 3.17. The summed E-state index contributed by atoms with van der Waals surface area (Å²) in [7, 11) is 4.77. The van der Waals surface area contributed by atoms with E-state index in [1.165, 1.54) is 6.92 Å². The van der Waals surface area contributed by atoms with E-state index < -0.39 is 0 Å². The Morgan fingerprint density at radius 2 is 1.61 bits per heavy atom. The van der Waals surface area contributed by atoms with E-state index in [9.17, 15) is 9.59 Å². The number of nitrogens with one attached hydrogen (secondary N) is 1. The highest BCUT2D eigenvalue weighted by Gasteiger charge is 2.34. The van der Waals surface area contributed by atoms with E-state index in [2.05, 4.69) is 5.32 Å². The minimum Gasteiger partial charge on any atom is -0.497 e. The minimum absolute atomic E-state index is 0.0416. The van der Waals surface area contributed by atoms with Crippen LogP contribution in [0.4, 0.5) is 0 Å². The second-order valence-electron chi connectivity index (χ2n) is 7.57. The molecule has 1 aliphatic carbocycles. The number of rotatable bonds is 7. The Labute approximate surface area is 182 Å². The van der Waals surface area contributed by atoms with Crippen LogP contribution in [0.15, 0.2) is 42.5 Å². The van der Waals surface area contributed by atoms with Crippen LogP contribution in [0, 0.1) is 0 Å². The average molecular weight is 427 g/mol. The van der Waals surface area contributed by atoms with Crippen molar-refractivity contribution < 1.29 is 28.5 Å². The lowest BCUT2D eigenvalue weighted by Crippen LogP contribution is -2.44. The molecule has 1 saturated carbocycles. The SMILES string of the molecule is COc1ccc(C(=O)NC2CCC(OC(C)=O)CC2c2ccc(OC)c(OC)c2)cc1. The van der Waals surface area contributed by atoms with Gasteiger partial charge >= 0.3 is 5.97 Å². The van der Waals surface area contributed by atoms with Crippen molar-refractivity contribution in [3.05, 3.63) is 53.6 Å². The number of carbonyl (C=O) groups excluding carboxylic acids is 2. The van der Waals surface area contributed by atoms with Crippen LogP contribution in [0.5, 0.6) is 17.2 Å². The Hall–Kier alpha value is -3.22. The van der Waals surface area contributed by atoms with Crippen LogP contribution in [0.2, 0.25) is 0 Å². The van der Waals surface area contributed by atoms with E-state index in [0.29, 0.717) is 42.1 Å².